The first-order valence-electron chi connectivity index (χ1n) is 17.0. The SMILES string of the molecule is CC(C)(C)[C@H](c1nc(-c2cc(F)ccc2F)sc1Cc1ccccc1)N(C[C@@H]1CN(C(=O)OCc2ccccc2)C[C@@H]1F)C(=O)[C@@H]1CCCO1. The van der Waals surface area contributed by atoms with E-state index in [4.69, 9.17) is 14.5 Å². The summed E-state index contributed by atoms with van der Waals surface area (Å²) in [6.45, 7) is 6.36. The zero-order chi connectivity index (χ0) is 35.4. The summed E-state index contributed by atoms with van der Waals surface area (Å²) in [6.07, 6.45) is -1.04. The maximum absolute atomic E-state index is 15.9. The van der Waals surface area contributed by atoms with Crippen molar-refractivity contribution in [2.24, 2.45) is 11.3 Å². The molecule has 2 fully saturated rings. The summed E-state index contributed by atoms with van der Waals surface area (Å²) >= 11 is 1.26. The van der Waals surface area contributed by atoms with Gasteiger partial charge in [-0.15, -0.1) is 11.3 Å². The molecule has 264 valence electrons. The summed E-state index contributed by atoms with van der Waals surface area (Å²) < 4.78 is 56.8. The van der Waals surface area contributed by atoms with Gasteiger partial charge in [0.25, 0.3) is 5.91 Å². The van der Waals surface area contributed by atoms with Crippen LogP contribution in [-0.4, -0.2) is 65.3 Å². The first-order valence-corrected chi connectivity index (χ1v) is 17.8. The second-order valence-electron chi connectivity index (χ2n) is 14.1. The molecular weight excluding hydrogens is 664 g/mol. The number of likely N-dealkylation sites (tertiary alicyclic amines) is 1. The largest absolute Gasteiger partial charge is 0.445 e. The maximum atomic E-state index is 15.9. The Labute approximate surface area is 295 Å². The van der Waals surface area contributed by atoms with E-state index in [-0.39, 0.29) is 37.7 Å². The Hall–Kier alpha value is -4.22. The van der Waals surface area contributed by atoms with Crippen LogP contribution < -0.4 is 0 Å². The van der Waals surface area contributed by atoms with Crippen molar-refractivity contribution in [2.45, 2.75) is 65.0 Å². The average molecular weight is 706 g/mol. The van der Waals surface area contributed by atoms with Crippen LogP contribution in [0.4, 0.5) is 18.0 Å². The van der Waals surface area contributed by atoms with Crippen molar-refractivity contribution in [1.82, 2.24) is 14.8 Å². The van der Waals surface area contributed by atoms with E-state index in [1.54, 1.807) is 4.90 Å². The van der Waals surface area contributed by atoms with Crippen molar-refractivity contribution in [3.05, 3.63) is 112 Å². The first kappa shape index (κ1) is 35.6. The summed E-state index contributed by atoms with van der Waals surface area (Å²) in [5.41, 5.74) is 1.75. The highest BCUT2D eigenvalue weighted by molar-refractivity contribution is 7.15. The van der Waals surface area contributed by atoms with Crippen LogP contribution in [0.2, 0.25) is 0 Å². The molecule has 2 aliphatic heterocycles. The predicted octanol–water partition coefficient (Wildman–Crippen LogP) is 8.38. The molecule has 0 spiro atoms. The summed E-state index contributed by atoms with van der Waals surface area (Å²) in [4.78, 5) is 36.3. The van der Waals surface area contributed by atoms with E-state index in [2.05, 4.69) is 0 Å². The minimum Gasteiger partial charge on any atom is -0.445 e. The van der Waals surface area contributed by atoms with Crippen LogP contribution in [0.3, 0.4) is 0 Å². The summed E-state index contributed by atoms with van der Waals surface area (Å²) in [5, 5.41) is 0.290. The number of hydrogen-bond donors (Lipinski definition) is 0. The van der Waals surface area contributed by atoms with Gasteiger partial charge in [0.2, 0.25) is 0 Å². The standard InChI is InChI=1S/C39H42F3N3O4S/c1-39(2,3)35(34-33(19-25-11-6-4-7-12-25)50-36(43-34)29-20-28(40)16-17-30(29)41)45(37(46)32-15-10-18-48-32)22-27-21-44(23-31(27)42)38(47)49-24-26-13-8-5-9-14-26/h4-9,11-14,16-17,20,27,31-32,35H,10,15,18-19,21-24H2,1-3H3/t27-,31-,32-,35-/m0/s1. The van der Waals surface area contributed by atoms with Crippen molar-refractivity contribution >= 4 is 23.3 Å². The molecule has 3 aromatic carbocycles. The van der Waals surface area contributed by atoms with Gasteiger partial charge >= 0.3 is 6.09 Å². The summed E-state index contributed by atoms with van der Waals surface area (Å²) in [6, 6.07) is 21.6. The number of benzene rings is 3. The fourth-order valence-corrected chi connectivity index (χ4v) is 7.93. The Kier molecular flexibility index (Phi) is 10.9. The molecule has 1 aromatic heterocycles. The maximum Gasteiger partial charge on any atom is 0.410 e. The van der Waals surface area contributed by atoms with Crippen molar-refractivity contribution in [1.29, 1.82) is 0 Å². The van der Waals surface area contributed by atoms with Crippen LogP contribution >= 0.6 is 11.3 Å². The van der Waals surface area contributed by atoms with E-state index in [0.717, 1.165) is 40.6 Å². The molecule has 6 rings (SSSR count). The normalized spacial score (nSPS) is 19.8. The Morgan fingerprint density at radius 2 is 1.72 bits per heavy atom. The Morgan fingerprint density at radius 3 is 2.38 bits per heavy atom. The monoisotopic (exact) mass is 705 g/mol. The van der Waals surface area contributed by atoms with Gasteiger partial charge in [0.05, 0.1) is 18.3 Å². The van der Waals surface area contributed by atoms with Crippen LogP contribution in [0.15, 0.2) is 78.9 Å². The zero-order valence-corrected chi connectivity index (χ0v) is 29.3. The van der Waals surface area contributed by atoms with Crippen LogP contribution in [0.1, 0.15) is 61.4 Å². The number of alkyl halides is 1. The number of halogens is 3. The molecule has 7 nitrogen and oxygen atoms in total. The van der Waals surface area contributed by atoms with E-state index in [1.165, 1.54) is 16.2 Å². The molecule has 2 saturated heterocycles. The van der Waals surface area contributed by atoms with Crippen molar-refractivity contribution in [3.8, 4) is 10.6 Å². The molecule has 0 bridgehead atoms. The molecule has 50 heavy (non-hydrogen) atoms. The van der Waals surface area contributed by atoms with Crippen LogP contribution in [0.25, 0.3) is 10.6 Å². The lowest BCUT2D eigenvalue weighted by atomic mass is 9.81. The van der Waals surface area contributed by atoms with Crippen molar-refractivity contribution in [3.63, 3.8) is 0 Å². The number of aromatic nitrogens is 1. The number of carbonyl (C=O) groups is 2. The number of amides is 2. The molecular formula is C39H42F3N3O4S. The lowest BCUT2D eigenvalue weighted by molar-refractivity contribution is -0.147. The van der Waals surface area contributed by atoms with Crippen LogP contribution in [-0.2, 0) is 27.3 Å². The van der Waals surface area contributed by atoms with Gasteiger partial charge in [-0.25, -0.2) is 22.9 Å². The predicted molar refractivity (Wildman–Crippen MR) is 186 cm³/mol. The molecule has 2 aliphatic rings. The van der Waals surface area contributed by atoms with E-state index in [1.807, 2.05) is 81.4 Å². The Balaban J connectivity index is 1.36. The second kappa shape index (κ2) is 15.3. The van der Waals surface area contributed by atoms with Gasteiger partial charge in [0, 0.05) is 42.5 Å². The number of rotatable bonds is 10. The van der Waals surface area contributed by atoms with Gasteiger partial charge in [0.1, 0.15) is 35.5 Å². The number of thiazole rings is 1. The van der Waals surface area contributed by atoms with Crippen LogP contribution in [0.5, 0.6) is 0 Å². The molecule has 0 saturated carbocycles. The van der Waals surface area contributed by atoms with Crippen molar-refractivity contribution < 1.29 is 32.2 Å². The molecule has 4 atom stereocenters. The topological polar surface area (TPSA) is 72.0 Å². The lowest BCUT2D eigenvalue weighted by Gasteiger charge is -2.42. The zero-order valence-electron chi connectivity index (χ0n) is 28.5. The number of hydrogen-bond acceptors (Lipinski definition) is 6. The number of ether oxygens (including phenoxy) is 2. The molecule has 0 unspecified atom stereocenters. The van der Waals surface area contributed by atoms with E-state index < -0.39 is 47.4 Å². The smallest absolute Gasteiger partial charge is 0.410 e. The molecule has 11 heteroatoms. The van der Waals surface area contributed by atoms with Gasteiger partial charge in [0.15, 0.2) is 0 Å². The molecule has 3 heterocycles. The molecule has 0 aliphatic carbocycles. The second-order valence-corrected chi connectivity index (χ2v) is 15.2. The highest BCUT2D eigenvalue weighted by Gasteiger charge is 2.45. The molecule has 0 N–H and O–H groups in total. The third-order valence-electron chi connectivity index (χ3n) is 9.23. The van der Waals surface area contributed by atoms with Gasteiger partial charge in [-0.3, -0.25) is 4.79 Å². The van der Waals surface area contributed by atoms with E-state index >= 15 is 8.78 Å². The van der Waals surface area contributed by atoms with Gasteiger partial charge in [-0.1, -0.05) is 81.4 Å². The third kappa shape index (κ3) is 8.21. The molecule has 0 radical (unpaired) electrons. The molecule has 4 aromatic rings. The van der Waals surface area contributed by atoms with Crippen LogP contribution in [0, 0.1) is 23.0 Å². The van der Waals surface area contributed by atoms with Gasteiger partial charge in [-0.05, 0) is 47.6 Å². The van der Waals surface area contributed by atoms with E-state index in [9.17, 15) is 14.0 Å². The van der Waals surface area contributed by atoms with Gasteiger partial charge < -0.3 is 19.3 Å². The minimum absolute atomic E-state index is 0.00374. The quantitative estimate of drug-likeness (QED) is 0.166. The fourth-order valence-electron chi connectivity index (χ4n) is 6.78. The van der Waals surface area contributed by atoms with Gasteiger partial charge in [-0.2, -0.15) is 0 Å². The van der Waals surface area contributed by atoms with Crippen molar-refractivity contribution in [2.75, 3.05) is 26.2 Å². The molecule has 2 amide bonds. The summed E-state index contributed by atoms with van der Waals surface area (Å²) in [5.74, 6) is -2.18. The highest BCUT2D eigenvalue weighted by Crippen LogP contribution is 2.45. The number of nitrogens with zero attached hydrogens (tertiary/aromatic N) is 3. The Bertz CT molecular complexity index is 1780. The lowest BCUT2D eigenvalue weighted by Crippen LogP contribution is -2.49. The number of carbonyl (C=O) groups excluding carboxylic acids is 2. The average Bonchev–Trinajstić information content (AvgIpc) is 3.86. The fraction of sp³-hybridized carbons (Fsp3) is 0.410. The summed E-state index contributed by atoms with van der Waals surface area (Å²) in [7, 11) is 0. The first-order chi connectivity index (χ1) is 24.0. The third-order valence-corrected chi connectivity index (χ3v) is 10.3. The highest BCUT2D eigenvalue weighted by atomic mass is 32.1. The Morgan fingerprint density at radius 1 is 1.02 bits per heavy atom. The minimum atomic E-state index is -1.41. The van der Waals surface area contributed by atoms with E-state index in [0.29, 0.717) is 30.2 Å².